The van der Waals surface area contributed by atoms with Crippen LogP contribution < -0.4 is 0 Å². The van der Waals surface area contributed by atoms with Crippen molar-refractivity contribution in [3.8, 4) is 11.8 Å². The van der Waals surface area contributed by atoms with Crippen molar-refractivity contribution in [3.63, 3.8) is 0 Å². The van der Waals surface area contributed by atoms with Gasteiger partial charge in [0.15, 0.2) is 10.7 Å². The van der Waals surface area contributed by atoms with Gasteiger partial charge < -0.3 is 13.9 Å². The molecule has 5 nitrogen and oxygen atoms in total. The van der Waals surface area contributed by atoms with Crippen LogP contribution in [-0.4, -0.2) is 22.3 Å². The van der Waals surface area contributed by atoms with Crippen LogP contribution in [0.3, 0.4) is 0 Å². The molecule has 0 aliphatic heterocycles. The van der Waals surface area contributed by atoms with Gasteiger partial charge >= 0.3 is 0 Å². The highest BCUT2D eigenvalue weighted by atomic mass is 32.2. The van der Waals surface area contributed by atoms with E-state index in [9.17, 15) is 8.42 Å². The van der Waals surface area contributed by atoms with E-state index in [0.717, 1.165) is 5.56 Å². The summed E-state index contributed by atoms with van der Waals surface area (Å²) in [6.45, 7) is 3.63. The molecule has 0 bridgehead atoms. The molecule has 0 fully saturated rings. The van der Waals surface area contributed by atoms with Crippen molar-refractivity contribution in [2.24, 2.45) is 0 Å². The second kappa shape index (κ2) is 11.3. The van der Waals surface area contributed by atoms with Crippen LogP contribution in [0.2, 0.25) is 0 Å². The lowest BCUT2D eigenvalue weighted by Gasteiger charge is -2.17. The van der Waals surface area contributed by atoms with E-state index in [0.29, 0.717) is 18.4 Å². The molecule has 0 N–H and O–H groups in total. The first-order valence-corrected chi connectivity index (χ1v) is 11.5. The largest absolute Gasteiger partial charge is 0.463 e. The fourth-order valence-electron chi connectivity index (χ4n) is 3.14. The zero-order chi connectivity index (χ0) is 22.8. The summed E-state index contributed by atoms with van der Waals surface area (Å²) in [7, 11) is -2.35. The summed E-state index contributed by atoms with van der Waals surface area (Å²) in [5, 5.41) is 0. The maximum Gasteiger partial charge on any atom is 0.217 e. The van der Waals surface area contributed by atoms with Crippen LogP contribution in [0.4, 0.5) is 0 Å². The van der Waals surface area contributed by atoms with Crippen molar-refractivity contribution in [1.29, 1.82) is 0 Å². The summed E-state index contributed by atoms with van der Waals surface area (Å²) < 4.78 is 42.9. The Hall–Kier alpha value is -3.33. The molecule has 3 aromatic rings. The van der Waals surface area contributed by atoms with Gasteiger partial charge in [-0.2, -0.15) is 0 Å². The second-order valence-electron chi connectivity index (χ2n) is 6.80. The van der Waals surface area contributed by atoms with E-state index in [2.05, 4.69) is 24.2 Å². The highest BCUT2D eigenvalue weighted by Crippen LogP contribution is 2.35. The zero-order valence-corrected chi connectivity index (χ0v) is 18.6. The Balaban J connectivity index is 1.87. The van der Waals surface area contributed by atoms with Crippen LogP contribution in [0.15, 0.2) is 94.6 Å². The van der Waals surface area contributed by atoms with Crippen molar-refractivity contribution in [1.82, 2.24) is 0 Å². The molecular formula is C26H24O5S. The van der Waals surface area contributed by atoms with Crippen LogP contribution in [0.25, 0.3) is 4.91 Å². The molecule has 0 aliphatic carbocycles. The summed E-state index contributed by atoms with van der Waals surface area (Å²) in [6, 6.07) is 19.5. The third-order valence-corrected chi connectivity index (χ3v) is 6.42. The molecule has 0 saturated carbocycles. The smallest absolute Gasteiger partial charge is 0.217 e. The van der Waals surface area contributed by atoms with Gasteiger partial charge in [0.25, 0.3) is 0 Å². The molecule has 3 rings (SSSR count). The normalized spacial score (nSPS) is 11.8. The van der Waals surface area contributed by atoms with Gasteiger partial charge in [-0.3, -0.25) is 0 Å². The van der Waals surface area contributed by atoms with Gasteiger partial charge in [-0.15, -0.1) is 5.73 Å². The van der Waals surface area contributed by atoms with E-state index >= 15 is 0 Å². The van der Waals surface area contributed by atoms with Crippen molar-refractivity contribution in [2.75, 3.05) is 13.9 Å². The fraction of sp³-hybridized carbons (Fsp3) is 0.192. The summed E-state index contributed by atoms with van der Waals surface area (Å²) in [6.07, 6.45) is 2.00. The Bertz CT molecular complexity index is 1230. The molecule has 6 heteroatoms. The Morgan fingerprint density at radius 1 is 1.06 bits per heavy atom. The molecule has 0 radical (unpaired) electrons. The van der Waals surface area contributed by atoms with Crippen molar-refractivity contribution < 1.29 is 22.3 Å². The van der Waals surface area contributed by atoms with E-state index in [1.165, 1.54) is 25.5 Å². The van der Waals surface area contributed by atoms with Crippen LogP contribution in [0.1, 0.15) is 35.8 Å². The predicted octanol–water partition coefficient (Wildman–Crippen LogP) is 5.37. The van der Waals surface area contributed by atoms with Gasteiger partial charge in [0.05, 0.1) is 17.3 Å². The number of hydrogen-bond donors (Lipinski definition) is 0. The molecule has 32 heavy (non-hydrogen) atoms. The minimum absolute atomic E-state index is 0.0416. The number of methoxy groups -OCH3 is 1. The maximum atomic E-state index is 13.2. The molecule has 1 aromatic heterocycles. The molecular weight excluding hydrogens is 424 g/mol. The average Bonchev–Trinajstić information content (AvgIpc) is 3.29. The SMILES string of the molecule is C=C=C(c1occc1C(CCC#Cc1ccccc1)OCOC)S(=O)(=O)c1ccccc1. The minimum Gasteiger partial charge on any atom is -0.463 e. The van der Waals surface area contributed by atoms with Gasteiger partial charge in [0.1, 0.15) is 6.79 Å². The van der Waals surface area contributed by atoms with Gasteiger partial charge in [0.2, 0.25) is 9.84 Å². The Morgan fingerprint density at radius 2 is 1.75 bits per heavy atom. The standard InChI is InChI=1S/C26H24O5S/c1-3-25(32(27,28)22-15-8-5-9-16-22)26-23(18-19-30-26)24(31-20-29-2)17-11-10-14-21-12-6-4-7-13-21/h4-9,12-13,15-16,18-19,24H,1,11,17,20H2,2H3. The highest BCUT2D eigenvalue weighted by Gasteiger charge is 2.29. The lowest BCUT2D eigenvalue weighted by molar-refractivity contribution is -0.0755. The molecule has 1 heterocycles. The van der Waals surface area contributed by atoms with Crippen molar-refractivity contribution in [2.45, 2.75) is 23.8 Å². The topological polar surface area (TPSA) is 65.7 Å². The fourth-order valence-corrected chi connectivity index (χ4v) is 4.49. The second-order valence-corrected chi connectivity index (χ2v) is 8.68. The summed E-state index contributed by atoms with van der Waals surface area (Å²) in [4.78, 5) is 0.00155. The van der Waals surface area contributed by atoms with E-state index in [4.69, 9.17) is 13.9 Å². The van der Waals surface area contributed by atoms with Crippen LogP contribution >= 0.6 is 0 Å². The number of ether oxygens (including phenoxy) is 2. The molecule has 1 unspecified atom stereocenters. The van der Waals surface area contributed by atoms with E-state index in [1.54, 1.807) is 24.3 Å². The first-order chi connectivity index (χ1) is 15.6. The summed E-state index contributed by atoms with van der Waals surface area (Å²) in [5.74, 6) is 6.40. The Morgan fingerprint density at radius 3 is 2.41 bits per heavy atom. The quantitative estimate of drug-likeness (QED) is 0.250. The third-order valence-electron chi connectivity index (χ3n) is 4.66. The molecule has 2 aromatic carbocycles. The predicted molar refractivity (Wildman–Crippen MR) is 123 cm³/mol. The van der Waals surface area contributed by atoms with E-state index < -0.39 is 15.9 Å². The molecule has 164 valence electrons. The molecule has 0 spiro atoms. The van der Waals surface area contributed by atoms with Gasteiger partial charge in [-0.05, 0) is 36.8 Å². The third kappa shape index (κ3) is 5.67. The monoisotopic (exact) mass is 448 g/mol. The lowest BCUT2D eigenvalue weighted by atomic mass is 10.0. The van der Waals surface area contributed by atoms with E-state index in [-0.39, 0.29) is 22.4 Å². The van der Waals surface area contributed by atoms with Crippen molar-refractivity contribution in [3.05, 3.63) is 102 Å². The van der Waals surface area contributed by atoms with E-state index in [1.807, 2.05) is 30.3 Å². The number of sulfone groups is 1. The molecule has 0 saturated heterocycles. The molecule has 0 aliphatic rings. The number of benzene rings is 2. The van der Waals surface area contributed by atoms with Crippen LogP contribution in [0.5, 0.6) is 0 Å². The number of furan rings is 1. The molecule has 1 atom stereocenters. The van der Waals surface area contributed by atoms with Crippen molar-refractivity contribution >= 4 is 14.7 Å². The average molecular weight is 449 g/mol. The first-order valence-electron chi connectivity index (χ1n) is 10.0. The molecule has 0 amide bonds. The number of rotatable bonds is 9. The van der Waals surface area contributed by atoms with Crippen LogP contribution in [-0.2, 0) is 19.3 Å². The Kier molecular flexibility index (Phi) is 8.27. The Labute approximate surface area is 188 Å². The highest BCUT2D eigenvalue weighted by molar-refractivity contribution is 8.00. The lowest BCUT2D eigenvalue weighted by Crippen LogP contribution is -2.10. The van der Waals surface area contributed by atoms with Gasteiger partial charge in [-0.1, -0.05) is 54.8 Å². The summed E-state index contributed by atoms with van der Waals surface area (Å²) in [5.41, 5.74) is 4.06. The van der Waals surface area contributed by atoms with Gasteiger partial charge in [-0.25, -0.2) is 8.42 Å². The van der Waals surface area contributed by atoms with Gasteiger partial charge in [0, 0.05) is 24.7 Å². The maximum absolute atomic E-state index is 13.2. The summed E-state index contributed by atoms with van der Waals surface area (Å²) >= 11 is 0. The van der Waals surface area contributed by atoms with Crippen LogP contribution in [0, 0.1) is 11.8 Å². The number of hydrogen-bond acceptors (Lipinski definition) is 5. The first kappa shape index (κ1) is 23.3. The minimum atomic E-state index is -3.88. The zero-order valence-electron chi connectivity index (χ0n) is 17.8.